The molecule has 0 saturated carbocycles. The molecule has 1 heterocycles. The van der Waals surface area contributed by atoms with Crippen molar-refractivity contribution in [2.75, 3.05) is 44.7 Å². The normalized spacial score (nSPS) is 13.8. The van der Waals surface area contributed by atoms with Gasteiger partial charge in [-0.3, -0.25) is 0 Å². The second-order valence-corrected chi connectivity index (χ2v) is 6.43. The summed E-state index contributed by atoms with van der Waals surface area (Å²) >= 11 is 0. The van der Waals surface area contributed by atoms with Gasteiger partial charge in [-0.15, -0.1) is 0 Å². The fourth-order valence-corrected chi connectivity index (χ4v) is 3.21. The van der Waals surface area contributed by atoms with Crippen molar-refractivity contribution in [2.24, 2.45) is 0 Å². The van der Waals surface area contributed by atoms with Gasteiger partial charge in [0, 0.05) is 32.7 Å². The molecule has 0 bridgehead atoms. The van der Waals surface area contributed by atoms with Crippen molar-refractivity contribution in [3.63, 3.8) is 0 Å². The number of hydrogen-bond acceptors (Lipinski definition) is 4. The molecule has 140 valence electrons. The summed E-state index contributed by atoms with van der Waals surface area (Å²) in [7, 11) is 1.65. The second-order valence-electron chi connectivity index (χ2n) is 6.43. The molecule has 1 saturated heterocycles. The van der Waals surface area contributed by atoms with Crippen LogP contribution in [0.25, 0.3) is 0 Å². The third-order valence-electron chi connectivity index (χ3n) is 4.78. The Balaban J connectivity index is 1.45. The predicted octanol–water partition coefficient (Wildman–Crippen LogP) is 2.64. The zero-order valence-corrected chi connectivity index (χ0v) is 15.5. The van der Waals surface area contributed by atoms with Gasteiger partial charge in [-0.1, -0.05) is 24.3 Å². The standard InChI is InChI=1S/C21H24N4O2/c1-27-19-8-6-17(7-9-19)10-11-23-21(26)25-14-12-24(13-15-25)20-5-3-2-4-18(20)16-22/h2-9H,10-15H2,1H3,(H,23,26). The Morgan fingerprint density at radius 2 is 1.81 bits per heavy atom. The third-order valence-corrected chi connectivity index (χ3v) is 4.78. The Labute approximate surface area is 160 Å². The van der Waals surface area contributed by atoms with Crippen molar-refractivity contribution in [1.29, 1.82) is 5.26 Å². The first kappa shape index (κ1) is 18.6. The van der Waals surface area contributed by atoms with Gasteiger partial charge in [0.15, 0.2) is 0 Å². The first-order chi connectivity index (χ1) is 13.2. The summed E-state index contributed by atoms with van der Waals surface area (Å²) in [5.74, 6) is 0.832. The number of rotatable bonds is 5. The van der Waals surface area contributed by atoms with E-state index in [0.717, 1.165) is 36.5 Å². The zero-order chi connectivity index (χ0) is 19.1. The molecule has 0 spiro atoms. The van der Waals surface area contributed by atoms with Gasteiger partial charge in [0.2, 0.25) is 0 Å². The summed E-state index contributed by atoms with van der Waals surface area (Å²) in [5.41, 5.74) is 2.78. The average molecular weight is 364 g/mol. The van der Waals surface area contributed by atoms with E-state index in [1.54, 1.807) is 7.11 Å². The maximum absolute atomic E-state index is 12.4. The van der Waals surface area contributed by atoms with Crippen molar-refractivity contribution >= 4 is 11.7 Å². The van der Waals surface area contributed by atoms with Crippen molar-refractivity contribution in [3.05, 3.63) is 59.7 Å². The number of piperazine rings is 1. The van der Waals surface area contributed by atoms with Crippen LogP contribution < -0.4 is 15.0 Å². The molecule has 27 heavy (non-hydrogen) atoms. The highest BCUT2D eigenvalue weighted by Gasteiger charge is 2.22. The number of nitrogens with zero attached hydrogens (tertiary/aromatic N) is 3. The number of amides is 2. The van der Waals surface area contributed by atoms with Gasteiger partial charge in [0.1, 0.15) is 11.8 Å². The topological polar surface area (TPSA) is 68.6 Å². The average Bonchev–Trinajstić information content (AvgIpc) is 2.74. The summed E-state index contributed by atoms with van der Waals surface area (Å²) in [4.78, 5) is 16.4. The summed E-state index contributed by atoms with van der Waals surface area (Å²) in [5, 5.41) is 12.2. The number of para-hydroxylation sites is 1. The van der Waals surface area contributed by atoms with E-state index in [1.165, 1.54) is 0 Å². The van der Waals surface area contributed by atoms with Crippen LogP contribution in [0.5, 0.6) is 5.75 Å². The van der Waals surface area contributed by atoms with Crippen LogP contribution in [0.3, 0.4) is 0 Å². The second kappa shape index (κ2) is 8.95. The maximum Gasteiger partial charge on any atom is 0.317 e. The van der Waals surface area contributed by atoms with Crippen LogP contribution in [0.15, 0.2) is 48.5 Å². The van der Waals surface area contributed by atoms with E-state index in [9.17, 15) is 10.1 Å². The molecule has 0 aliphatic carbocycles. The van der Waals surface area contributed by atoms with Crippen molar-refractivity contribution < 1.29 is 9.53 Å². The molecular formula is C21H24N4O2. The van der Waals surface area contributed by atoms with E-state index in [2.05, 4.69) is 16.3 Å². The molecule has 2 aromatic rings. The van der Waals surface area contributed by atoms with Gasteiger partial charge in [-0.2, -0.15) is 5.26 Å². The third kappa shape index (κ3) is 4.70. The minimum absolute atomic E-state index is 0.0308. The van der Waals surface area contributed by atoms with Crippen LogP contribution in [-0.2, 0) is 6.42 Å². The Morgan fingerprint density at radius 3 is 2.48 bits per heavy atom. The largest absolute Gasteiger partial charge is 0.497 e. The van der Waals surface area contributed by atoms with E-state index in [0.29, 0.717) is 25.2 Å². The lowest BCUT2D eigenvalue weighted by Gasteiger charge is -2.36. The van der Waals surface area contributed by atoms with Gasteiger partial charge in [0.25, 0.3) is 0 Å². The lowest BCUT2D eigenvalue weighted by atomic mass is 10.1. The molecule has 2 amide bonds. The van der Waals surface area contributed by atoms with Crippen LogP contribution in [0.4, 0.5) is 10.5 Å². The number of methoxy groups -OCH3 is 1. The molecule has 1 fully saturated rings. The molecule has 0 atom stereocenters. The number of nitrogens with one attached hydrogen (secondary N) is 1. The summed E-state index contributed by atoms with van der Waals surface area (Å²) in [6, 6.07) is 17.7. The minimum Gasteiger partial charge on any atom is -0.497 e. The summed E-state index contributed by atoms with van der Waals surface area (Å²) in [6.07, 6.45) is 0.783. The van der Waals surface area contributed by atoms with Gasteiger partial charge in [0.05, 0.1) is 18.4 Å². The minimum atomic E-state index is -0.0308. The first-order valence-electron chi connectivity index (χ1n) is 9.11. The van der Waals surface area contributed by atoms with Crippen LogP contribution in [0.1, 0.15) is 11.1 Å². The number of carbonyl (C=O) groups is 1. The molecule has 0 radical (unpaired) electrons. The van der Waals surface area contributed by atoms with Crippen LogP contribution in [0, 0.1) is 11.3 Å². The molecule has 6 heteroatoms. The van der Waals surface area contributed by atoms with Crippen molar-refractivity contribution in [3.8, 4) is 11.8 Å². The monoisotopic (exact) mass is 364 g/mol. The van der Waals surface area contributed by atoms with Crippen molar-refractivity contribution in [1.82, 2.24) is 10.2 Å². The van der Waals surface area contributed by atoms with Gasteiger partial charge in [-0.25, -0.2) is 4.79 Å². The molecule has 1 aliphatic rings. The van der Waals surface area contributed by atoms with Crippen molar-refractivity contribution in [2.45, 2.75) is 6.42 Å². The summed E-state index contributed by atoms with van der Waals surface area (Å²) < 4.78 is 5.15. The molecule has 1 N–H and O–H groups in total. The van der Waals surface area contributed by atoms with E-state index in [-0.39, 0.29) is 6.03 Å². The Kier molecular flexibility index (Phi) is 6.16. The van der Waals surface area contributed by atoms with Crippen LogP contribution >= 0.6 is 0 Å². The van der Waals surface area contributed by atoms with Gasteiger partial charge >= 0.3 is 6.03 Å². The van der Waals surface area contributed by atoms with Crippen LogP contribution in [0.2, 0.25) is 0 Å². The number of carbonyl (C=O) groups excluding carboxylic acids is 1. The summed E-state index contributed by atoms with van der Waals surface area (Å²) in [6.45, 7) is 3.35. The smallest absolute Gasteiger partial charge is 0.317 e. The number of urea groups is 1. The number of hydrogen-bond donors (Lipinski definition) is 1. The van der Waals surface area contributed by atoms with E-state index >= 15 is 0 Å². The molecule has 0 aromatic heterocycles. The zero-order valence-electron chi connectivity index (χ0n) is 15.5. The lowest BCUT2D eigenvalue weighted by Crippen LogP contribution is -2.52. The lowest BCUT2D eigenvalue weighted by molar-refractivity contribution is 0.194. The molecular weight excluding hydrogens is 340 g/mol. The first-order valence-corrected chi connectivity index (χ1v) is 9.11. The molecule has 1 aliphatic heterocycles. The SMILES string of the molecule is COc1ccc(CCNC(=O)N2CCN(c3ccccc3C#N)CC2)cc1. The quantitative estimate of drug-likeness (QED) is 0.886. The van der Waals surface area contributed by atoms with Gasteiger partial charge in [-0.05, 0) is 36.2 Å². The molecule has 0 unspecified atom stereocenters. The molecule has 6 nitrogen and oxygen atoms in total. The van der Waals surface area contributed by atoms with E-state index < -0.39 is 0 Å². The maximum atomic E-state index is 12.4. The number of anilines is 1. The highest BCUT2D eigenvalue weighted by Crippen LogP contribution is 2.21. The Bertz CT molecular complexity index is 806. The van der Waals surface area contributed by atoms with Crippen LogP contribution in [-0.4, -0.2) is 50.8 Å². The van der Waals surface area contributed by atoms with E-state index in [1.807, 2.05) is 53.4 Å². The number of benzene rings is 2. The number of nitriles is 1. The molecule has 3 rings (SSSR count). The Hall–Kier alpha value is -3.20. The highest BCUT2D eigenvalue weighted by atomic mass is 16.5. The molecule has 2 aromatic carbocycles. The predicted molar refractivity (Wildman–Crippen MR) is 105 cm³/mol. The fourth-order valence-electron chi connectivity index (χ4n) is 3.21. The fraction of sp³-hybridized carbons (Fsp3) is 0.333. The van der Waals surface area contributed by atoms with Gasteiger partial charge < -0.3 is 19.9 Å². The number of ether oxygens (including phenoxy) is 1. The Morgan fingerprint density at radius 1 is 1.11 bits per heavy atom. The van der Waals surface area contributed by atoms with E-state index in [4.69, 9.17) is 4.74 Å². The highest BCUT2D eigenvalue weighted by molar-refractivity contribution is 5.74.